The molecule has 5 heteroatoms. The van der Waals surface area contributed by atoms with E-state index in [4.69, 9.17) is 11.5 Å². The monoisotopic (exact) mass is 186 g/mol. The largest absolute Gasteiger partial charge is 0.370 e. The maximum absolute atomic E-state index is 10.8. The van der Waals surface area contributed by atoms with Crippen molar-refractivity contribution in [2.24, 2.45) is 16.5 Å². The number of nitrogens with zero attached hydrogens (tertiary/aromatic N) is 1. The second-order valence-electron chi connectivity index (χ2n) is 2.79. The molecule has 0 aromatic carbocycles. The molecule has 76 valence electrons. The van der Waals surface area contributed by atoms with Crippen LogP contribution < -0.4 is 16.8 Å². The van der Waals surface area contributed by atoms with Gasteiger partial charge in [0.25, 0.3) is 0 Å². The maximum Gasteiger partial charge on any atom is 0.219 e. The normalized spacial score (nSPS) is 9.31. The lowest BCUT2D eigenvalue weighted by Crippen LogP contribution is -2.22. The zero-order valence-corrected chi connectivity index (χ0v) is 8.05. The summed E-state index contributed by atoms with van der Waals surface area (Å²) < 4.78 is 0. The summed E-state index contributed by atoms with van der Waals surface area (Å²) in [5, 5.41) is 2.57. The lowest BCUT2D eigenvalue weighted by Gasteiger charge is -1.98. The van der Waals surface area contributed by atoms with Crippen LogP contribution in [0.15, 0.2) is 4.99 Å². The Labute approximate surface area is 78.6 Å². The number of unbranched alkanes of at least 4 members (excludes halogenated alkanes) is 2. The molecule has 5 nitrogen and oxygen atoms in total. The van der Waals surface area contributed by atoms with Gasteiger partial charge in [-0.1, -0.05) is 6.42 Å². The van der Waals surface area contributed by atoms with E-state index in [0.29, 0.717) is 13.0 Å². The van der Waals surface area contributed by atoms with Crippen LogP contribution in [0.1, 0.15) is 25.7 Å². The molecule has 0 saturated carbocycles. The van der Waals surface area contributed by atoms with Crippen LogP contribution in [0.5, 0.6) is 0 Å². The van der Waals surface area contributed by atoms with Crippen LogP contribution in [0.25, 0.3) is 0 Å². The van der Waals surface area contributed by atoms with Crippen LogP contribution in [0.4, 0.5) is 0 Å². The molecule has 0 unspecified atom stereocenters. The fourth-order valence-electron chi connectivity index (χ4n) is 0.907. The third kappa shape index (κ3) is 8.65. The molecule has 0 aromatic heterocycles. The van der Waals surface area contributed by atoms with E-state index in [1.54, 1.807) is 7.05 Å². The predicted octanol–water partition coefficient (Wildman–Crippen LogP) is -0.434. The highest BCUT2D eigenvalue weighted by Gasteiger charge is 1.96. The van der Waals surface area contributed by atoms with E-state index in [2.05, 4.69) is 10.3 Å². The molecule has 0 heterocycles. The van der Waals surface area contributed by atoms with Crippen molar-refractivity contribution in [3.8, 4) is 0 Å². The van der Waals surface area contributed by atoms with E-state index in [1.165, 1.54) is 0 Å². The number of guanidine groups is 1. The van der Waals surface area contributed by atoms with Gasteiger partial charge in [-0.25, -0.2) is 0 Å². The Morgan fingerprint density at radius 1 is 1.31 bits per heavy atom. The molecule has 0 aliphatic rings. The van der Waals surface area contributed by atoms with E-state index in [1.807, 2.05) is 0 Å². The van der Waals surface area contributed by atoms with Gasteiger partial charge in [0, 0.05) is 20.0 Å². The molecule has 0 spiro atoms. The lowest BCUT2D eigenvalue weighted by molar-refractivity contribution is -0.120. The lowest BCUT2D eigenvalue weighted by atomic mass is 10.2. The first-order valence-corrected chi connectivity index (χ1v) is 4.42. The minimum absolute atomic E-state index is 0.0850. The summed E-state index contributed by atoms with van der Waals surface area (Å²) in [4.78, 5) is 14.6. The number of carbonyl (C=O) groups excluding carboxylic acids is 1. The first-order valence-electron chi connectivity index (χ1n) is 4.42. The van der Waals surface area contributed by atoms with Crippen molar-refractivity contribution >= 4 is 11.9 Å². The number of hydrogen-bond acceptors (Lipinski definition) is 2. The van der Waals surface area contributed by atoms with Gasteiger partial charge in [-0.15, -0.1) is 0 Å². The Bertz CT molecular complexity index is 175. The van der Waals surface area contributed by atoms with Crippen LogP contribution in [0, 0.1) is 0 Å². The summed E-state index contributed by atoms with van der Waals surface area (Å²) in [6, 6.07) is 0. The second-order valence-corrected chi connectivity index (χ2v) is 2.79. The topological polar surface area (TPSA) is 93.5 Å². The Hall–Kier alpha value is -1.26. The third-order valence-electron chi connectivity index (χ3n) is 1.64. The molecule has 0 bridgehead atoms. The zero-order valence-electron chi connectivity index (χ0n) is 8.05. The maximum atomic E-state index is 10.8. The summed E-state index contributed by atoms with van der Waals surface area (Å²) >= 11 is 0. The van der Waals surface area contributed by atoms with Gasteiger partial charge >= 0.3 is 0 Å². The fourth-order valence-corrected chi connectivity index (χ4v) is 0.907. The number of nitrogens with one attached hydrogen (secondary N) is 1. The highest BCUT2D eigenvalue weighted by molar-refractivity contribution is 5.75. The fraction of sp³-hybridized carbons (Fsp3) is 0.750. The Balaban J connectivity index is 3.18. The Kier molecular flexibility index (Phi) is 6.68. The average Bonchev–Trinajstić information content (AvgIpc) is 2.10. The van der Waals surface area contributed by atoms with Gasteiger partial charge in [0.2, 0.25) is 5.91 Å². The molecule has 0 aromatic rings. The molecule has 0 fully saturated rings. The molecule has 5 N–H and O–H groups in total. The molecular weight excluding hydrogens is 168 g/mol. The van der Waals surface area contributed by atoms with E-state index < -0.39 is 0 Å². The summed E-state index contributed by atoms with van der Waals surface area (Å²) in [7, 11) is 1.64. The highest BCUT2D eigenvalue weighted by Crippen LogP contribution is 1.99. The third-order valence-corrected chi connectivity index (χ3v) is 1.64. The first kappa shape index (κ1) is 11.7. The van der Waals surface area contributed by atoms with Crippen molar-refractivity contribution in [2.75, 3.05) is 13.6 Å². The molecule has 0 aliphatic heterocycles. The van der Waals surface area contributed by atoms with Crippen LogP contribution >= 0.6 is 0 Å². The SMILES string of the molecule is CNC(=O)CCCCCN=C(N)N. The molecule has 0 radical (unpaired) electrons. The summed E-state index contributed by atoms with van der Waals surface area (Å²) in [5.41, 5.74) is 10.3. The van der Waals surface area contributed by atoms with Crippen LogP contribution in [0.3, 0.4) is 0 Å². The van der Waals surface area contributed by atoms with Crippen molar-refractivity contribution in [2.45, 2.75) is 25.7 Å². The van der Waals surface area contributed by atoms with Gasteiger partial charge in [0.15, 0.2) is 5.96 Å². The standard InChI is InChI=1S/C8H18N4O/c1-11-7(13)5-3-2-4-6-12-8(9)10/h2-6H2,1H3,(H,11,13)(H4,9,10,12). The average molecular weight is 186 g/mol. The second kappa shape index (κ2) is 7.39. The van der Waals surface area contributed by atoms with Crippen molar-refractivity contribution in [3.05, 3.63) is 0 Å². The van der Waals surface area contributed by atoms with Crippen molar-refractivity contribution < 1.29 is 4.79 Å². The number of amides is 1. The van der Waals surface area contributed by atoms with Crippen molar-refractivity contribution in [1.82, 2.24) is 5.32 Å². The van der Waals surface area contributed by atoms with Crippen LogP contribution in [-0.4, -0.2) is 25.5 Å². The number of rotatable bonds is 6. The Morgan fingerprint density at radius 2 is 2.00 bits per heavy atom. The number of nitrogens with two attached hydrogens (primary N) is 2. The number of aliphatic imine (C=N–C) groups is 1. The smallest absolute Gasteiger partial charge is 0.219 e. The predicted molar refractivity (Wildman–Crippen MR) is 53.2 cm³/mol. The van der Waals surface area contributed by atoms with Gasteiger partial charge in [0.05, 0.1) is 0 Å². The van der Waals surface area contributed by atoms with Gasteiger partial charge < -0.3 is 16.8 Å². The summed E-state index contributed by atoms with van der Waals surface area (Å²) in [6.07, 6.45) is 3.37. The zero-order chi connectivity index (χ0) is 10.1. The molecular formula is C8H18N4O. The first-order chi connectivity index (χ1) is 6.16. The van der Waals surface area contributed by atoms with Gasteiger partial charge in [-0.3, -0.25) is 9.79 Å². The van der Waals surface area contributed by atoms with Crippen molar-refractivity contribution in [1.29, 1.82) is 0 Å². The molecule has 0 rings (SSSR count). The molecule has 0 atom stereocenters. The quantitative estimate of drug-likeness (QED) is 0.298. The van der Waals surface area contributed by atoms with Crippen molar-refractivity contribution in [3.63, 3.8) is 0 Å². The van der Waals surface area contributed by atoms with E-state index >= 15 is 0 Å². The van der Waals surface area contributed by atoms with Gasteiger partial charge in [0.1, 0.15) is 0 Å². The number of hydrogen-bond donors (Lipinski definition) is 3. The van der Waals surface area contributed by atoms with Gasteiger partial charge in [-0.2, -0.15) is 0 Å². The minimum Gasteiger partial charge on any atom is -0.370 e. The number of carbonyl (C=O) groups is 1. The Morgan fingerprint density at radius 3 is 2.54 bits per heavy atom. The molecule has 13 heavy (non-hydrogen) atoms. The summed E-state index contributed by atoms with van der Waals surface area (Å²) in [5.74, 6) is 0.216. The molecule has 0 saturated heterocycles. The minimum atomic E-state index is 0.0850. The molecule has 0 aliphatic carbocycles. The van der Waals surface area contributed by atoms with Crippen LogP contribution in [0.2, 0.25) is 0 Å². The van der Waals surface area contributed by atoms with Crippen LogP contribution in [-0.2, 0) is 4.79 Å². The van der Waals surface area contributed by atoms with E-state index in [0.717, 1.165) is 19.3 Å². The summed E-state index contributed by atoms with van der Waals surface area (Å²) in [6.45, 7) is 0.649. The van der Waals surface area contributed by atoms with E-state index in [9.17, 15) is 4.79 Å². The molecule has 1 amide bonds. The van der Waals surface area contributed by atoms with Gasteiger partial charge in [-0.05, 0) is 12.8 Å². The highest BCUT2D eigenvalue weighted by atomic mass is 16.1. The van der Waals surface area contributed by atoms with E-state index in [-0.39, 0.29) is 11.9 Å².